The second kappa shape index (κ2) is 24.6. The summed E-state index contributed by atoms with van der Waals surface area (Å²) >= 11 is 0. The third kappa shape index (κ3) is 18.3. The third-order valence-electron chi connectivity index (χ3n) is 9.44. The molecule has 2 aromatic rings. The monoisotopic (exact) mass is 870 g/mol. The Balaban J connectivity index is 2.45. The highest BCUT2D eigenvalue weighted by molar-refractivity contribution is 5.98. The van der Waals surface area contributed by atoms with Crippen molar-refractivity contribution in [1.29, 1.82) is 0 Å². The first-order valence-electron chi connectivity index (χ1n) is 20.0. The maximum atomic E-state index is 14.3. The zero-order valence-corrected chi connectivity index (χ0v) is 35.6. The summed E-state index contributed by atoms with van der Waals surface area (Å²) < 4.78 is 5.29. The number of rotatable bonds is 26. The number of aliphatic carboxylic acids is 3. The molecule has 20 nitrogen and oxygen atoms in total. The number of benzene rings is 1. The van der Waals surface area contributed by atoms with Crippen molar-refractivity contribution in [1.82, 2.24) is 31.9 Å². The lowest BCUT2D eigenvalue weighted by Gasteiger charge is -2.33. The van der Waals surface area contributed by atoms with Gasteiger partial charge in [-0.15, -0.1) is 0 Å². The number of aldehydes is 1. The predicted octanol–water partition coefficient (Wildman–Crippen LogP) is 0.777. The number of amides is 6. The number of furan rings is 1. The molecule has 340 valence electrons. The molecule has 0 aliphatic rings. The van der Waals surface area contributed by atoms with E-state index in [1.54, 1.807) is 64.1 Å². The summed E-state index contributed by atoms with van der Waals surface area (Å²) in [5.74, 6) is -9.41. The van der Waals surface area contributed by atoms with Crippen molar-refractivity contribution in [3.8, 4) is 0 Å². The quantitative estimate of drug-likeness (QED) is 0.0591. The molecule has 2 rings (SSSR count). The van der Waals surface area contributed by atoms with E-state index in [-0.39, 0.29) is 25.2 Å². The van der Waals surface area contributed by atoms with Crippen molar-refractivity contribution in [2.45, 2.75) is 129 Å². The molecule has 0 saturated carbocycles. The van der Waals surface area contributed by atoms with Gasteiger partial charge in [0.15, 0.2) is 0 Å². The van der Waals surface area contributed by atoms with Gasteiger partial charge < -0.3 is 56.4 Å². The fraction of sp³-hybridized carbons (Fsp3) is 0.524. The molecule has 0 radical (unpaired) electrons. The van der Waals surface area contributed by atoms with Crippen LogP contribution in [0.3, 0.4) is 0 Å². The van der Waals surface area contributed by atoms with E-state index in [2.05, 4.69) is 31.9 Å². The standard InChI is InChI=1S/C42H58N6O14/c1-23(2)18-29(38(58)43-26(22-49)20-27-12-9-17-62-27)47-41(61)36(42(4,5)6)48-40(60)30(19-25-11-8-7-10-24(25)3)46-37(57)28(13-15-33(51)52)45-39(59)31(21-35(55)56)44-32(50)14-16-34(53)54/h7-12,17,22-23,26,28-31,36H,13-16,18-21H2,1-6H3,(H,43,58)(H,44,50)(H,45,59)(H,46,57)(H,47,61)(H,48,60)(H,51,52)(H,53,54)(H,55,56)/t26-,28-,29-,30-,31-,36+/m0/s1. The first-order chi connectivity index (χ1) is 29.0. The van der Waals surface area contributed by atoms with Crippen LogP contribution in [0, 0.1) is 18.3 Å². The number of hydrogen-bond acceptors (Lipinski definition) is 11. The van der Waals surface area contributed by atoms with Crippen LogP contribution in [0.4, 0.5) is 0 Å². The normalized spacial score (nSPS) is 14.1. The molecule has 1 aromatic heterocycles. The molecular weight excluding hydrogens is 812 g/mol. The smallest absolute Gasteiger partial charge is 0.305 e. The molecule has 6 amide bonds. The molecule has 20 heteroatoms. The maximum Gasteiger partial charge on any atom is 0.305 e. The summed E-state index contributed by atoms with van der Waals surface area (Å²) in [5, 5.41) is 42.7. The highest BCUT2D eigenvalue weighted by Crippen LogP contribution is 2.21. The molecule has 0 spiro atoms. The summed E-state index contributed by atoms with van der Waals surface area (Å²) in [6, 6.07) is 1.74. The van der Waals surface area contributed by atoms with Crippen molar-refractivity contribution in [2.24, 2.45) is 11.3 Å². The fourth-order valence-corrected chi connectivity index (χ4v) is 6.16. The second-order valence-electron chi connectivity index (χ2n) is 16.3. The van der Waals surface area contributed by atoms with Gasteiger partial charge in [0.2, 0.25) is 35.4 Å². The second-order valence-corrected chi connectivity index (χ2v) is 16.3. The number of carbonyl (C=O) groups is 10. The molecule has 0 aliphatic heterocycles. The van der Waals surface area contributed by atoms with Crippen LogP contribution >= 0.6 is 0 Å². The Kier molecular flexibility index (Phi) is 20.5. The predicted molar refractivity (Wildman–Crippen MR) is 220 cm³/mol. The molecular formula is C42H58N6O14. The number of aryl methyl sites for hydroxylation is 1. The molecule has 0 saturated heterocycles. The molecule has 0 fully saturated rings. The maximum absolute atomic E-state index is 14.3. The van der Waals surface area contributed by atoms with Crippen molar-refractivity contribution in [3.05, 3.63) is 59.5 Å². The van der Waals surface area contributed by atoms with Crippen molar-refractivity contribution < 1.29 is 67.7 Å². The summed E-state index contributed by atoms with van der Waals surface area (Å²) in [4.78, 5) is 127. The van der Waals surface area contributed by atoms with Crippen LogP contribution in [-0.4, -0.2) is 111 Å². The van der Waals surface area contributed by atoms with E-state index < -0.39 is 127 Å². The molecule has 6 atom stereocenters. The lowest BCUT2D eigenvalue weighted by atomic mass is 9.85. The van der Waals surface area contributed by atoms with Gasteiger partial charge in [0, 0.05) is 25.7 Å². The summed E-state index contributed by atoms with van der Waals surface area (Å²) in [5.41, 5.74) is 0.306. The lowest BCUT2D eigenvalue weighted by molar-refractivity contribution is -0.142. The number of carboxylic acids is 3. The molecule has 0 unspecified atom stereocenters. The number of carboxylic acid groups (broad SMARTS) is 3. The van der Waals surface area contributed by atoms with E-state index in [0.29, 0.717) is 17.6 Å². The molecule has 62 heavy (non-hydrogen) atoms. The average molecular weight is 871 g/mol. The van der Waals surface area contributed by atoms with E-state index in [9.17, 15) is 58.2 Å². The Labute approximate surface area is 358 Å². The highest BCUT2D eigenvalue weighted by Gasteiger charge is 2.38. The lowest BCUT2D eigenvalue weighted by Crippen LogP contribution is -2.62. The molecule has 9 N–H and O–H groups in total. The Morgan fingerprint density at radius 3 is 1.77 bits per heavy atom. The number of carbonyl (C=O) groups excluding carboxylic acids is 7. The van der Waals surface area contributed by atoms with Crippen LogP contribution in [-0.2, 0) is 60.8 Å². The van der Waals surface area contributed by atoms with Gasteiger partial charge >= 0.3 is 17.9 Å². The van der Waals surface area contributed by atoms with Gasteiger partial charge in [0.1, 0.15) is 42.3 Å². The summed E-state index contributed by atoms with van der Waals surface area (Å²) in [6.07, 6.45) is -1.38. The van der Waals surface area contributed by atoms with Crippen LogP contribution in [0.2, 0.25) is 0 Å². The minimum atomic E-state index is -1.80. The van der Waals surface area contributed by atoms with Gasteiger partial charge in [-0.3, -0.25) is 43.2 Å². The summed E-state index contributed by atoms with van der Waals surface area (Å²) in [6.45, 7) is 10.4. The van der Waals surface area contributed by atoms with E-state index in [1.165, 1.54) is 6.26 Å². The Bertz CT molecular complexity index is 1910. The summed E-state index contributed by atoms with van der Waals surface area (Å²) in [7, 11) is 0. The van der Waals surface area contributed by atoms with E-state index >= 15 is 0 Å². The van der Waals surface area contributed by atoms with Crippen molar-refractivity contribution >= 4 is 59.6 Å². The van der Waals surface area contributed by atoms with Gasteiger partial charge in [-0.25, -0.2) is 0 Å². The zero-order chi connectivity index (χ0) is 46.7. The Hall–Kier alpha value is -6.60. The molecule has 1 aromatic carbocycles. The van der Waals surface area contributed by atoms with Crippen LogP contribution in [0.25, 0.3) is 0 Å². The largest absolute Gasteiger partial charge is 0.481 e. The van der Waals surface area contributed by atoms with Gasteiger partial charge in [0.25, 0.3) is 0 Å². The first kappa shape index (κ1) is 51.5. The van der Waals surface area contributed by atoms with Gasteiger partial charge in [0.05, 0.1) is 25.1 Å². The van der Waals surface area contributed by atoms with Crippen LogP contribution < -0.4 is 31.9 Å². The van der Waals surface area contributed by atoms with Crippen molar-refractivity contribution in [2.75, 3.05) is 0 Å². The van der Waals surface area contributed by atoms with Crippen LogP contribution in [0.5, 0.6) is 0 Å². The Morgan fingerprint density at radius 2 is 1.23 bits per heavy atom. The van der Waals surface area contributed by atoms with Crippen molar-refractivity contribution in [3.63, 3.8) is 0 Å². The van der Waals surface area contributed by atoms with E-state index in [4.69, 9.17) is 9.52 Å². The number of hydrogen-bond donors (Lipinski definition) is 9. The Morgan fingerprint density at radius 1 is 0.645 bits per heavy atom. The minimum Gasteiger partial charge on any atom is -0.481 e. The fourth-order valence-electron chi connectivity index (χ4n) is 6.16. The molecule has 0 bridgehead atoms. The molecule has 0 aliphatic carbocycles. The number of nitrogens with one attached hydrogen (secondary N) is 6. The third-order valence-corrected chi connectivity index (χ3v) is 9.44. The van der Waals surface area contributed by atoms with E-state index in [0.717, 1.165) is 5.56 Å². The SMILES string of the molecule is Cc1ccccc1C[C@H](NC(=O)[C@H](CCC(=O)O)NC(=O)[C@H](CC(=O)O)NC(=O)CCC(=O)O)C(=O)N[C@H](C(=O)N[C@@H](CC(C)C)C(=O)N[C@H](C=O)Cc1ccco1)C(C)(C)C. The zero-order valence-electron chi connectivity index (χ0n) is 35.6. The molecule has 1 heterocycles. The topological polar surface area (TPSA) is 317 Å². The van der Waals surface area contributed by atoms with Crippen LogP contribution in [0.1, 0.15) is 90.0 Å². The average Bonchev–Trinajstić information content (AvgIpc) is 3.69. The van der Waals surface area contributed by atoms with Gasteiger partial charge in [-0.2, -0.15) is 0 Å². The van der Waals surface area contributed by atoms with Gasteiger partial charge in [-0.05, 0) is 54.4 Å². The van der Waals surface area contributed by atoms with Gasteiger partial charge in [-0.1, -0.05) is 58.9 Å². The minimum absolute atomic E-state index is 0.0637. The van der Waals surface area contributed by atoms with E-state index in [1.807, 2.05) is 13.8 Å². The van der Waals surface area contributed by atoms with Crippen LogP contribution in [0.15, 0.2) is 47.1 Å². The first-order valence-corrected chi connectivity index (χ1v) is 20.0. The highest BCUT2D eigenvalue weighted by atomic mass is 16.4.